The molecule has 5 heteroatoms. The average molecular weight is 344 g/mol. The van der Waals surface area contributed by atoms with E-state index >= 15 is 0 Å². The van der Waals surface area contributed by atoms with E-state index in [-0.39, 0.29) is 17.1 Å². The van der Waals surface area contributed by atoms with Crippen molar-refractivity contribution in [1.29, 1.82) is 0 Å². The fourth-order valence-corrected chi connectivity index (χ4v) is 4.71. The standard InChI is InChI=1S/C19H21FN2OS/c20-16-4-2-15(3-5-16)12-21-9-1-7-19(14-21)8-10-22(18(19)23)17-6-11-24-13-17/h2-6,11,13H,1,7-10,12,14H2. The minimum Gasteiger partial charge on any atom is -0.311 e. The van der Waals surface area contributed by atoms with Crippen molar-refractivity contribution >= 4 is 22.9 Å². The maximum Gasteiger partial charge on any atom is 0.234 e. The van der Waals surface area contributed by atoms with Crippen LogP contribution in [0.4, 0.5) is 10.1 Å². The molecule has 4 rings (SSSR count). The van der Waals surface area contributed by atoms with Gasteiger partial charge in [-0.1, -0.05) is 12.1 Å². The van der Waals surface area contributed by atoms with Crippen molar-refractivity contribution in [3.05, 3.63) is 52.5 Å². The molecule has 3 nitrogen and oxygen atoms in total. The highest BCUT2D eigenvalue weighted by molar-refractivity contribution is 7.08. The first-order chi connectivity index (χ1) is 11.7. The summed E-state index contributed by atoms with van der Waals surface area (Å²) in [6.45, 7) is 3.42. The molecule has 1 spiro atoms. The monoisotopic (exact) mass is 344 g/mol. The third-order valence-corrected chi connectivity index (χ3v) is 5.98. The van der Waals surface area contributed by atoms with E-state index in [1.807, 2.05) is 28.5 Å². The van der Waals surface area contributed by atoms with Gasteiger partial charge in [-0.25, -0.2) is 4.39 Å². The molecule has 1 atom stereocenters. The molecule has 2 aliphatic rings. The molecule has 126 valence electrons. The molecule has 0 radical (unpaired) electrons. The van der Waals surface area contributed by atoms with E-state index in [0.29, 0.717) is 0 Å². The van der Waals surface area contributed by atoms with Gasteiger partial charge in [0.2, 0.25) is 5.91 Å². The molecule has 1 aromatic carbocycles. The average Bonchev–Trinajstić information content (AvgIpc) is 3.20. The molecule has 0 N–H and O–H groups in total. The first kappa shape index (κ1) is 15.8. The lowest BCUT2D eigenvalue weighted by Gasteiger charge is -2.39. The van der Waals surface area contributed by atoms with Gasteiger partial charge in [0.05, 0.1) is 11.1 Å². The number of hydrogen-bond donors (Lipinski definition) is 0. The maximum absolute atomic E-state index is 13.1. The lowest BCUT2D eigenvalue weighted by molar-refractivity contribution is -0.128. The number of rotatable bonds is 3. The third-order valence-electron chi connectivity index (χ3n) is 5.31. The second-order valence-electron chi connectivity index (χ2n) is 6.91. The Balaban J connectivity index is 1.48. The minimum absolute atomic E-state index is 0.203. The molecule has 1 aromatic heterocycles. The summed E-state index contributed by atoms with van der Waals surface area (Å²) in [5.41, 5.74) is 1.91. The summed E-state index contributed by atoms with van der Waals surface area (Å²) in [5, 5.41) is 4.07. The van der Waals surface area contributed by atoms with Crippen molar-refractivity contribution < 1.29 is 9.18 Å². The second kappa shape index (κ2) is 6.30. The summed E-state index contributed by atoms with van der Waals surface area (Å²) in [7, 11) is 0. The van der Waals surface area contributed by atoms with Crippen LogP contribution in [0.25, 0.3) is 0 Å². The Morgan fingerprint density at radius 1 is 1.12 bits per heavy atom. The number of thiophene rings is 1. The first-order valence-electron chi connectivity index (χ1n) is 8.47. The number of hydrogen-bond acceptors (Lipinski definition) is 3. The van der Waals surface area contributed by atoms with Crippen LogP contribution in [-0.2, 0) is 11.3 Å². The van der Waals surface area contributed by atoms with Gasteiger partial charge in [0.15, 0.2) is 0 Å². The van der Waals surface area contributed by atoms with Crippen molar-refractivity contribution in [3.63, 3.8) is 0 Å². The third kappa shape index (κ3) is 2.87. The number of piperidine rings is 1. The van der Waals surface area contributed by atoms with Crippen LogP contribution in [0.15, 0.2) is 41.1 Å². The highest BCUT2D eigenvalue weighted by Crippen LogP contribution is 2.42. The maximum atomic E-state index is 13.1. The van der Waals surface area contributed by atoms with Gasteiger partial charge in [0.1, 0.15) is 5.82 Å². The number of amides is 1. The van der Waals surface area contributed by atoms with Crippen molar-refractivity contribution in [2.75, 3.05) is 24.5 Å². The molecule has 0 aliphatic carbocycles. The van der Waals surface area contributed by atoms with Crippen LogP contribution in [0.2, 0.25) is 0 Å². The number of likely N-dealkylation sites (tertiary alicyclic amines) is 1. The zero-order valence-electron chi connectivity index (χ0n) is 13.6. The molecule has 2 aliphatic heterocycles. The van der Waals surface area contributed by atoms with E-state index in [4.69, 9.17) is 0 Å². The molecule has 1 amide bonds. The number of halogens is 1. The fourth-order valence-electron chi connectivity index (χ4n) is 4.07. The number of anilines is 1. The van der Waals surface area contributed by atoms with E-state index in [1.54, 1.807) is 11.3 Å². The second-order valence-corrected chi connectivity index (χ2v) is 7.69. The van der Waals surface area contributed by atoms with E-state index in [1.165, 1.54) is 12.1 Å². The lowest BCUT2D eigenvalue weighted by atomic mass is 9.78. The van der Waals surface area contributed by atoms with Crippen molar-refractivity contribution in [2.24, 2.45) is 5.41 Å². The van der Waals surface area contributed by atoms with Crippen molar-refractivity contribution in [3.8, 4) is 0 Å². The zero-order chi connectivity index (χ0) is 16.6. The fraction of sp³-hybridized carbons (Fsp3) is 0.421. The Labute approximate surface area is 145 Å². The van der Waals surface area contributed by atoms with Crippen LogP contribution in [0, 0.1) is 11.2 Å². The molecule has 2 saturated heterocycles. The van der Waals surface area contributed by atoms with E-state index < -0.39 is 0 Å². The molecule has 0 saturated carbocycles. The predicted octanol–water partition coefficient (Wildman–Crippen LogP) is 3.91. The molecule has 24 heavy (non-hydrogen) atoms. The van der Waals surface area contributed by atoms with Crippen LogP contribution in [0.1, 0.15) is 24.8 Å². The van der Waals surface area contributed by atoms with Gasteiger partial charge in [0, 0.05) is 25.0 Å². The molecular weight excluding hydrogens is 323 g/mol. The molecule has 0 bridgehead atoms. The zero-order valence-corrected chi connectivity index (χ0v) is 14.4. The topological polar surface area (TPSA) is 23.6 Å². The van der Waals surface area contributed by atoms with E-state index in [9.17, 15) is 9.18 Å². The van der Waals surface area contributed by atoms with E-state index in [2.05, 4.69) is 10.3 Å². The van der Waals surface area contributed by atoms with Gasteiger partial charge >= 0.3 is 0 Å². The summed E-state index contributed by atoms with van der Waals surface area (Å²) < 4.78 is 13.1. The highest BCUT2D eigenvalue weighted by atomic mass is 32.1. The Hall–Kier alpha value is -1.72. The summed E-state index contributed by atoms with van der Waals surface area (Å²) >= 11 is 1.63. The van der Waals surface area contributed by atoms with Crippen LogP contribution in [0.3, 0.4) is 0 Å². The normalized spacial score (nSPS) is 24.9. The summed E-state index contributed by atoms with van der Waals surface area (Å²) in [6, 6.07) is 8.72. The number of carbonyl (C=O) groups is 1. The molecule has 2 fully saturated rings. The Bertz CT molecular complexity index is 715. The minimum atomic E-state index is -0.236. The molecule has 2 aromatic rings. The van der Waals surface area contributed by atoms with Crippen LogP contribution in [0.5, 0.6) is 0 Å². The summed E-state index contributed by atoms with van der Waals surface area (Å²) in [4.78, 5) is 17.4. The molecular formula is C19H21FN2OS. The quantitative estimate of drug-likeness (QED) is 0.843. The first-order valence-corrected chi connectivity index (χ1v) is 9.42. The van der Waals surface area contributed by atoms with Gasteiger partial charge in [-0.3, -0.25) is 9.69 Å². The predicted molar refractivity (Wildman–Crippen MR) is 94.6 cm³/mol. The highest BCUT2D eigenvalue weighted by Gasteiger charge is 2.49. The number of nitrogens with zero attached hydrogens (tertiary/aromatic N) is 2. The molecule has 3 heterocycles. The van der Waals surface area contributed by atoms with Crippen LogP contribution >= 0.6 is 11.3 Å². The van der Waals surface area contributed by atoms with Gasteiger partial charge in [-0.15, -0.1) is 0 Å². The van der Waals surface area contributed by atoms with Crippen molar-refractivity contribution in [2.45, 2.75) is 25.8 Å². The Kier molecular flexibility index (Phi) is 4.14. The largest absolute Gasteiger partial charge is 0.311 e. The Morgan fingerprint density at radius 3 is 2.71 bits per heavy atom. The van der Waals surface area contributed by atoms with Crippen LogP contribution in [-0.4, -0.2) is 30.4 Å². The van der Waals surface area contributed by atoms with Gasteiger partial charge in [-0.05, 0) is 54.9 Å². The lowest BCUT2D eigenvalue weighted by Crippen LogP contribution is -2.47. The van der Waals surface area contributed by atoms with Gasteiger partial charge in [-0.2, -0.15) is 11.3 Å². The van der Waals surface area contributed by atoms with Crippen LogP contribution < -0.4 is 4.90 Å². The summed E-state index contributed by atoms with van der Waals surface area (Å²) in [6.07, 6.45) is 2.96. The SMILES string of the molecule is O=C1N(c2ccsc2)CCC12CCCN(Cc1ccc(F)cc1)C2. The molecule has 1 unspecified atom stereocenters. The van der Waals surface area contributed by atoms with Crippen molar-refractivity contribution in [1.82, 2.24) is 4.90 Å². The number of carbonyl (C=O) groups excluding carboxylic acids is 1. The van der Waals surface area contributed by atoms with E-state index in [0.717, 1.165) is 56.7 Å². The summed E-state index contributed by atoms with van der Waals surface area (Å²) in [5.74, 6) is 0.0796. The van der Waals surface area contributed by atoms with Gasteiger partial charge in [0.25, 0.3) is 0 Å². The Morgan fingerprint density at radius 2 is 1.96 bits per heavy atom. The van der Waals surface area contributed by atoms with Gasteiger partial charge < -0.3 is 4.90 Å². The number of benzene rings is 1. The smallest absolute Gasteiger partial charge is 0.234 e.